The van der Waals surface area contributed by atoms with Crippen molar-refractivity contribution < 1.29 is 21.8 Å². The highest BCUT2D eigenvalue weighted by molar-refractivity contribution is 7.86. The molecule has 112 valence electrons. The van der Waals surface area contributed by atoms with E-state index in [0.29, 0.717) is 5.56 Å². The number of ketones is 1. The number of Topliss-reactive ketones (excluding diaryl/α,β-unsaturated/α-hetero) is 1. The molecule has 0 spiro atoms. The number of hydrogen-bond acceptors (Lipinski definition) is 5. The number of carbonyl (C=O) groups excluding carboxylic acids is 1. The van der Waals surface area contributed by atoms with Gasteiger partial charge < -0.3 is 8.61 Å². The average molecular weight is 316 g/mol. The van der Waals surface area contributed by atoms with E-state index in [9.17, 15) is 13.2 Å². The second-order valence-corrected chi connectivity index (χ2v) is 11.6. The Labute approximate surface area is 121 Å². The maximum Gasteiger partial charge on any atom is 0.306 e. The van der Waals surface area contributed by atoms with Crippen LogP contribution in [0.3, 0.4) is 0 Å². The molecule has 1 aromatic carbocycles. The molecule has 1 atom stereocenters. The number of benzene rings is 1. The van der Waals surface area contributed by atoms with Gasteiger partial charge in [-0.1, -0.05) is 12.1 Å². The Bertz CT molecular complexity index is 572. The van der Waals surface area contributed by atoms with E-state index < -0.39 is 24.5 Å². The Kier molecular flexibility index (Phi) is 5.12. The fourth-order valence-corrected chi connectivity index (χ4v) is 3.08. The zero-order valence-corrected chi connectivity index (χ0v) is 14.2. The van der Waals surface area contributed by atoms with E-state index in [4.69, 9.17) is 8.61 Å². The first kappa shape index (κ1) is 16.9. The Morgan fingerprint density at radius 2 is 1.65 bits per heavy atom. The first-order chi connectivity index (χ1) is 8.98. The van der Waals surface area contributed by atoms with Crippen LogP contribution in [0.15, 0.2) is 24.3 Å². The van der Waals surface area contributed by atoms with Crippen LogP contribution in [0.1, 0.15) is 18.6 Å². The molecule has 0 aromatic heterocycles. The summed E-state index contributed by atoms with van der Waals surface area (Å²) in [4.78, 5) is 11.7. The highest BCUT2D eigenvalue weighted by Gasteiger charge is 2.25. The largest absolute Gasteiger partial charge is 0.404 e. The predicted molar refractivity (Wildman–Crippen MR) is 79.8 cm³/mol. The van der Waals surface area contributed by atoms with Crippen molar-refractivity contribution >= 4 is 24.2 Å². The molecule has 0 saturated carbocycles. The molecule has 0 saturated heterocycles. The van der Waals surface area contributed by atoms with E-state index in [1.165, 1.54) is 19.1 Å². The molecule has 1 unspecified atom stereocenters. The van der Waals surface area contributed by atoms with Crippen molar-refractivity contribution in [1.82, 2.24) is 0 Å². The minimum absolute atomic E-state index is 0.0794. The second kappa shape index (κ2) is 6.07. The number of carbonyl (C=O) groups is 1. The molecule has 5 nitrogen and oxygen atoms in total. The van der Waals surface area contributed by atoms with Crippen molar-refractivity contribution in [3.8, 4) is 5.75 Å². The summed E-state index contributed by atoms with van der Waals surface area (Å²) < 4.78 is 32.6. The van der Waals surface area contributed by atoms with E-state index in [0.717, 1.165) is 6.26 Å². The summed E-state index contributed by atoms with van der Waals surface area (Å²) in [6.07, 6.45) is 0.363. The van der Waals surface area contributed by atoms with Gasteiger partial charge in [0.05, 0.1) is 6.26 Å². The van der Waals surface area contributed by atoms with Gasteiger partial charge in [-0.05, 0) is 44.3 Å². The lowest BCUT2D eigenvalue weighted by atomic mass is 10.1. The number of hydrogen-bond donors (Lipinski definition) is 0. The molecule has 0 heterocycles. The highest BCUT2D eigenvalue weighted by atomic mass is 32.2. The molecule has 0 aliphatic heterocycles. The molecule has 0 fully saturated rings. The van der Waals surface area contributed by atoms with E-state index >= 15 is 0 Å². The quantitative estimate of drug-likeness (QED) is 0.596. The van der Waals surface area contributed by atoms with Crippen molar-refractivity contribution in [3.63, 3.8) is 0 Å². The second-order valence-electron chi connectivity index (χ2n) is 5.58. The molecule has 0 aliphatic rings. The van der Waals surface area contributed by atoms with Gasteiger partial charge in [-0.25, -0.2) is 0 Å². The molecule has 7 heteroatoms. The van der Waals surface area contributed by atoms with Crippen LogP contribution in [-0.2, 0) is 19.3 Å². The summed E-state index contributed by atoms with van der Waals surface area (Å²) >= 11 is 0. The van der Waals surface area contributed by atoms with Gasteiger partial charge in [0.1, 0.15) is 11.9 Å². The fraction of sp³-hybridized carbons (Fsp3) is 0.462. The van der Waals surface area contributed by atoms with Crippen molar-refractivity contribution in [2.45, 2.75) is 32.7 Å². The summed E-state index contributed by atoms with van der Waals surface area (Å²) in [7, 11) is -5.41. The summed E-state index contributed by atoms with van der Waals surface area (Å²) in [5, 5.41) is 0. The molecule has 1 rings (SSSR count). The summed E-state index contributed by atoms with van der Waals surface area (Å²) in [5.41, 5.74) is 0.695. The van der Waals surface area contributed by atoms with Gasteiger partial charge in [0.15, 0.2) is 14.1 Å². The summed E-state index contributed by atoms with van der Waals surface area (Å²) in [6, 6.07) is 6.32. The lowest BCUT2D eigenvalue weighted by molar-refractivity contribution is -0.124. The highest BCUT2D eigenvalue weighted by Crippen LogP contribution is 2.25. The normalized spacial score (nSPS) is 13.8. The molecule has 0 N–H and O–H groups in total. The SMILES string of the molecule is CC(=O)C(O[Si](C)(C)C)c1ccc(OS(C)(=O)=O)cc1. The number of rotatable bonds is 6. The van der Waals surface area contributed by atoms with Crippen molar-refractivity contribution in [3.05, 3.63) is 29.8 Å². The first-order valence-corrected chi connectivity index (χ1v) is 11.4. The van der Waals surface area contributed by atoms with Crippen LogP contribution >= 0.6 is 0 Å². The maximum absolute atomic E-state index is 11.7. The first-order valence-electron chi connectivity index (χ1n) is 6.16. The maximum atomic E-state index is 11.7. The standard InChI is InChI=1S/C13H20O5SSi/c1-10(14)13(18-20(3,4)5)11-6-8-12(9-7-11)17-19(2,15)16/h6-9,13H,1-5H3. The van der Waals surface area contributed by atoms with Crippen LogP contribution in [0.5, 0.6) is 5.75 Å². The molecule has 0 radical (unpaired) electrons. The average Bonchev–Trinajstić information content (AvgIpc) is 2.23. The van der Waals surface area contributed by atoms with Crippen molar-refractivity contribution in [2.24, 2.45) is 0 Å². The summed E-state index contributed by atoms with van der Waals surface area (Å²) in [5.74, 6) is 0.135. The van der Waals surface area contributed by atoms with Gasteiger partial charge in [0, 0.05) is 0 Å². The molecule has 0 bridgehead atoms. The molecule has 0 aliphatic carbocycles. The van der Waals surface area contributed by atoms with Gasteiger partial charge >= 0.3 is 10.1 Å². The third-order valence-electron chi connectivity index (χ3n) is 2.27. The van der Waals surface area contributed by atoms with Gasteiger partial charge in [-0.3, -0.25) is 4.79 Å². The van der Waals surface area contributed by atoms with E-state index in [-0.39, 0.29) is 11.5 Å². The third-order valence-corrected chi connectivity index (χ3v) is 3.71. The lowest BCUT2D eigenvalue weighted by Crippen LogP contribution is -2.30. The van der Waals surface area contributed by atoms with Crippen LogP contribution in [0, 0.1) is 0 Å². The van der Waals surface area contributed by atoms with Crippen LogP contribution in [0.4, 0.5) is 0 Å². The van der Waals surface area contributed by atoms with Crippen molar-refractivity contribution in [2.75, 3.05) is 6.26 Å². The van der Waals surface area contributed by atoms with Crippen molar-refractivity contribution in [1.29, 1.82) is 0 Å². The zero-order chi connectivity index (χ0) is 15.6. The topological polar surface area (TPSA) is 69.7 Å². The van der Waals surface area contributed by atoms with Crippen LogP contribution in [0.25, 0.3) is 0 Å². The Morgan fingerprint density at radius 3 is 2.00 bits per heavy atom. The van der Waals surface area contributed by atoms with E-state index in [1.54, 1.807) is 12.1 Å². The zero-order valence-electron chi connectivity index (χ0n) is 12.3. The molecule has 20 heavy (non-hydrogen) atoms. The Balaban J connectivity index is 2.97. The lowest BCUT2D eigenvalue weighted by Gasteiger charge is -2.25. The van der Waals surface area contributed by atoms with Crippen LogP contribution in [0.2, 0.25) is 19.6 Å². The van der Waals surface area contributed by atoms with E-state index in [1.807, 2.05) is 19.6 Å². The predicted octanol–water partition coefficient (Wildman–Crippen LogP) is 2.51. The van der Waals surface area contributed by atoms with Crippen LogP contribution in [-0.4, -0.2) is 28.8 Å². The molecule has 0 amide bonds. The minimum atomic E-state index is -3.55. The van der Waals surface area contributed by atoms with E-state index in [2.05, 4.69) is 0 Å². The van der Waals surface area contributed by atoms with Gasteiger partial charge in [0.25, 0.3) is 0 Å². The Morgan fingerprint density at radius 1 is 1.15 bits per heavy atom. The summed E-state index contributed by atoms with van der Waals surface area (Å²) in [6.45, 7) is 7.49. The van der Waals surface area contributed by atoms with Gasteiger partial charge in [0.2, 0.25) is 0 Å². The van der Waals surface area contributed by atoms with Gasteiger partial charge in [-0.2, -0.15) is 8.42 Å². The van der Waals surface area contributed by atoms with Gasteiger partial charge in [-0.15, -0.1) is 0 Å². The fourth-order valence-electron chi connectivity index (χ4n) is 1.61. The molecular weight excluding hydrogens is 296 g/mol. The Hall–Kier alpha value is -1.18. The monoisotopic (exact) mass is 316 g/mol. The van der Waals surface area contributed by atoms with Crippen LogP contribution < -0.4 is 4.18 Å². The third kappa shape index (κ3) is 5.85. The smallest absolute Gasteiger partial charge is 0.306 e. The molecule has 1 aromatic rings. The molecular formula is C13H20O5SSi. The minimum Gasteiger partial charge on any atom is -0.404 e.